The minimum absolute atomic E-state index is 0.440. The first-order valence-electron chi connectivity index (χ1n) is 6.59. The fourth-order valence-corrected chi connectivity index (χ4v) is 2.29. The Morgan fingerprint density at radius 2 is 1.72 bits per heavy atom. The number of nitrogens with one attached hydrogen (secondary N) is 1. The van der Waals surface area contributed by atoms with Crippen LogP contribution in [-0.4, -0.2) is 7.05 Å². The maximum absolute atomic E-state index is 3.36. The fraction of sp³-hybridized carbons (Fsp3) is 0.294. The summed E-state index contributed by atoms with van der Waals surface area (Å²) in [7, 11) is 2.02. The van der Waals surface area contributed by atoms with Crippen molar-refractivity contribution in [3.8, 4) is 11.1 Å². The number of aryl methyl sites for hydroxylation is 1. The summed E-state index contributed by atoms with van der Waals surface area (Å²) in [6, 6.07) is 18.0. The molecule has 0 aromatic heterocycles. The van der Waals surface area contributed by atoms with Gasteiger partial charge in [0.05, 0.1) is 0 Å². The summed E-state index contributed by atoms with van der Waals surface area (Å²) in [5.41, 5.74) is 5.24. The van der Waals surface area contributed by atoms with Crippen LogP contribution in [-0.2, 0) is 0 Å². The largest absolute Gasteiger partial charge is 0.313 e. The quantitative estimate of drug-likeness (QED) is 0.837. The van der Waals surface area contributed by atoms with Crippen LogP contribution in [0.3, 0.4) is 0 Å². The molecule has 2 aromatic carbocycles. The van der Waals surface area contributed by atoms with Crippen molar-refractivity contribution in [1.29, 1.82) is 0 Å². The van der Waals surface area contributed by atoms with E-state index in [1.807, 2.05) is 7.05 Å². The molecule has 1 heteroatoms. The molecule has 0 amide bonds. The third-order valence-electron chi connectivity index (χ3n) is 3.43. The van der Waals surface area contributed by atoms with Crippen LogP contribution < -0.4 is 5.32 Å². The van der Waals surface area contributed by atoms with Crippen LogP contribution in [0.25, 0.3) is 11.1 Å². The Morgan fingerprint density at radius 3 is 2.33 bits per heavy atom. The van der Waals surface area contributed by atoms with Crippen molar-refractivity contribution < 1.29 is 0 Å². The van der Waals surface area contributed by atoms with E-state index in [-0.39, 0.29) is 0 Å². The van der Waals surface area contributed by atoms with Crippen LogP contribution in [0, 0.1) is 6.92 Å². The highest BCUT2D eigenvalue weighted by Gasteiger charge is 2.07. The molecule has 1 nitrogen and oxygen atoms in total. The molecule has 0 spiro atoms. The van der Waals surface area contributed by atoms with E-state index >= 15 is 0 Å². The number of hydrogen-bond donors (Lipinski definition) is 1. The Kier molecular flexibility index (Phi) is 4.16. The van der Waals surface area contributed by atoms with Crippen LogP contribution in [0.15, 0.2) is 48.5 Å². The molecule has 0 radical (unpaired) electrons. The number of rotatable bonds is 4. The molecule has 1 N–H and O–H groups in total. The smallest absolute Gasteiger partial charge is 0.0315 e. The zero-order chi connectivity index (χ0) is 13.0. The lowest BCUT2D eigenvalue weighted by atomic mass is 9.98. The molecule has 0 fully saturated rings. The molecule has 2 rings (SSSR count). The van der Waals surface area contributed by atoms with Gasteiger partial charge >= 0.3 is 0 Å². The van der Waals surface area contributed by atoms with Gasteiger partial charge in [-0.3, -0.25) is 0 Å². The monoisotopic (exact) mass is 239 g/mol. The van der Waals surface area contributed by atoms with Crippen molar-refractivity contribution in [2.75, 3.05) is 7.05 Å². The van der Waals surface area contributed by atoms with E-state index < -0.39 is 0 Å². The molecule has 0 aliphatic heterocycles. The first-order valence-corrected chi connectivity index (χ1v) is 6.59. The standard InChI is InChI=1S/C17H21N/c1-4-17(18-3)16-7-5-6-15(12-16)14-10-8-13(2)9-11-14/h5-12,17-18H,4H2,1-3H3. The Morgan fingerprint density at radius 1 is 1.00 bits per heavy atom. The Bertz CT molecular complexity index is 495. The summed E-state index contributed by atoms with van der Waals surface area (Å²) in [6.45, 7) is 4.33. The lowest BCUT2D eigenvalue weighted by molar-refractivity contribution is 0.577. The minimum Gasteiger partial charge on any atom is -0.313 e. The second-order valence-electron chi connectivity index (χ2n) is 4.74. The highest BCUT2D eigenvalue weighted by atomic mass is 14.9. The van der Waals surface area contributed by atoms with E-state index in [4.69, 9.17) is 0 Å². The van der Waals surface area contributed by atoms with Crippen LogP contribution in [0.5, 0.6) is 0 Å². The Labute approximate surface area is 110 Å². The minimum atomic E-state index is 0.440. The summed E-state index contributed by atoms with van der Waals surface area (Å²) < 4.78 is 0. The van der Waals surface area contributed by atoms with Crippen molar-refractivity contribution in [3.63, 3.8) is 0 Å². The molecule has 0 bridgehead atoms. The molecule has 94 valence electrons. The first kappa shape index (κ1) is 12.8. The summed E-state index contributed by atoms with van der Waals surface area (Å²) in [5, 5.41) is 3.36. The van der Waals surface area contributed by atoms with Gasteiger partial charge in [-0.05, 0) is 43.1 Å². The molecular formula is C17H21N. The first-order chi connectivity index (χ1) is 8.74. The maximum Gasteiger partial charge on any atom is 0.0315 e. The van der Waals surface area contributed by atoms with Crippen molar-refractivity contribution >= 4 is 0 Å². The van der Waals surface area contributed by atoms with Crippen molar-refractivity contribution in [2.45, 2.75) is 26.3 Å². The molecule has 18 heavy (non-hydrogen) atoms. The van der Waals surface area contributed by atoms with E-state index in [1.165, 1.54) is 22.3 Å². The van der Waals surface area contributed by atoms with E-state index in [0.29, 0.717) is 6.04 Å². The van der Waals surface area contributed by atoms with Gasteiger partial charge in [0.25, 0.3) is 0 Å². The third-order valence-corrected chi connectivity index (χ3v) is 3.43. The second kappa shape index (κ2) is 5.83. The van der Waals surface area contributed by atoms with Crippen LogP contribution in [0.2, 0.25) is 0 Å². The van der Waals surface area contributed by atoms with Gasteiger partial charge in [-0.25, -0.2) is 0 Å². The predicted molar refractivity (Wildman–Crippen MR) is 78.7 cm³/mol. The highest BCUT2D eigenvalue weighted by Crippen LogP contribution is 2.24. The van der Waals surface area contributed by atoms with Gasteiger partial charge in [-0.15, -0.1) is 0 Å². The van der Waals surface area contributed by atoms with Gasteiger partial charge in [0.2, 0.25) is 0 Å². The molecule has 0 aliphatic carbocycles. The summed E-state index contributed by atoms with van der Waals surface area (Å²) in [6.07, 6.45) is 1.11. The second-order valence-corrected chi connectivity index (χ2v) is 4.74. The topological polar surface area (TPSA) is 12.0 Å². The Balaban J connectivity index is 2.34. The molecular weight excluding hydrogens is 218 g/mol. The highest BCUT2D eigenvalue weighted by molar-refractivity contribution is 5.64. The average molecular weight is 239 g/mol. The molecule has 2 aromatic rings. The molecule has 0 saturated heterocycles. The SMILES string of the molecule is CCC(NC)c1cccc(-c2ccc(C)cc2)c1. The van der Waals surface area contributed by atoms with Crippen molar-refractivity contribution in [3.05, 3.63) is 59.7 Å². The van der Waals surface area contributed by atoms with Crippen LogP contribution >= 0.6 is 0 Å². The van der Waals surface area contributed by atoms with Crippen molar-refractivity contribution in [1.82, 2.24) is 5.32 Å². The zero-order valence-electron chi connectivity index (χ0n) is 11.4. The summed E-state index contributed by atoms with van der Waals surface area (Å²) in [5.74, 6) is 0. The third kappa shape index (κ3) is 2.80. The van der Waals surface area contributed by atoms with Gasteiger partial charge in [-0.2, -0.15) is 0 Å². The fourth-order valence-electron chi connectivity index (χ4n) is 2.29. The molecule has 1 unspecified atom stereocenters. The van der Waals surface area contributed by atoms with Gasteiger partial charge in [-0.1, -0.05) is 55.0 Å². The van der Waals surface area contributed by atoms with E-state index in [1.54, 1.807) is 0 Å². The van der Waals surface area contributed by atoms with Gasteiger partial charge in [0, 0.05) is 6.04 Å². The predicted octanol–water partition coefficient (Wildman–Crippen LogP) is 4.33. The van der Waals surface area contributed by atoms with E-state index in [0.717, 1.165) is 6.42 Å². The van der Waals surface area contributed by atoms with Gasteiger partial charge < -0.3 is 5.32 Å². The Hall–Kier alpha value is -1.60. The van der Waals surface area contributed by atoms with Crippen molar-refractivity contribution in [2.24, 2.45) is 0 Å². The normalized spacial score (nSPS) is 12.4. The zero-order valence-corrected chi connectivity index (χ0v) is 11.4. The molecule has 0 aliphatic rings. The summed E-state index contributed by atoms with van der Waals surface area (Å²) in [4.78, 5) is 0. The van der Waals surface area contributed by atoms with Crippen LogP contribution in [0.4, 0.5) is 0 Å². The average Bonchev–Trinajstić information content (AvgIpc) is 2.41. The van der Waals surface area contributed by atoms with E-state index in [9.17, 15) is 0 Å². The van der Waals surface area contributed by atoms with E-state index in [2.05, 4.69) is 67.7 Å². The lowest BCUT2D eigenvalue weighted by Gasteiger charge is -2.15. The van der Waals surface area contributed by atoms with Crippen LogP contribution in [0.1, 0.15) is 30.5 Å². The molecule has 0 saturated carbocycles. The van der Waals surface area contributed by atoms with Gasteiger partial charge in [0.15, 0.2) is 0 Å². The molecule has 1 atom stereocenters. The number of benzene rings is 2. The molecule has 0 heterocycles. The lowest BCUT2D eigenvalue weighted by Crippen LogP contribution is -2.15. The number of hydrogen-bond acceptors (Lipinski definition) is 1. The van der Waals surface area contributed by atoms with Gasteiger partial charge in [0.1, 0.15) is 0 Å². The summed E-state index contributed by atoms with van der Waals surface area (Å²) >= 11 is 0. The maximum atomic E-state index is 3.36.